The third-order valence-electron chi connectivity index (χ3n) is 2.55. The largest absolute Gasteiger partial charge is 0.468 e. The van der Waals surface area contributed by atoms with Gasteiger partial charge in [-0.1, -0.05) is 12.1 Å². The van der Waals surface area contributed by atoms with Gasteiger partial charge in [0.15, 0.2) is 0 Å². The molecule has 116 valence electrons. The molecule has 0 saturated heterocycles. The summed E-state index contributed by atoms with van der Waals surface area (Å²) in [6.07, 6.45) is 0. The minimum absolute atomic E-state index is 0.111. The Hall–Kier alpha value is -1.85. The van der Waals surface area contributed by atoms with Gasteiger partial charge in [-0.2, -0.15) is 0 Å². The van der Waals surface area contributed by atoms with Crippen LogP contribution in [0.25, 0.3) is 0 Å². The molecule has 0 bridgehead atoms. The van der Waals surface area contributed by atoms with Crippen molar-refractivity contribution in [2.45, 2.75) is 13.0 Å². The number of carbonyl (C=O) groups is 2. The van der Waals surface area contributed by atoms with Gasteiger partial charge in [-0.3, -0.25) is 9.36 Å². The first-order valence-electron chi connectivity index (χ1n) is 6.11. The zero-order valence-corrected chi connectivity index (χ0v) is 13.2. The molecule has 0 aliphatic rings. The van der Waals surface area contributed by atoms with Gasteiger partial charge in [0.05, 0.1) is 14.2 Å². The summed E-state index contributed by atoms with van der Waals surface area (Å²) >= 11 is 0. The standard InChI is InChI=1S/C13H18NO6P/c1-9(12(15)18-2)14-21(4,17)20-11-8-6-5-7-10(11)13(16)19-3/h5-9H,1-4H3,(H,14,17)/t9-,21?/m0/s1. The van der Waals surface area contributed by atoms with Crippen molar-refractivity contribution in [3.05, 3.63) is 29.8 Å². The second-order valence-electron chi connectivity index (χ2n) is 4.30. The van der Waals surface area contributed by atoms with E-state index in [0.29, 0.717) is 0 Å². The Morgan fingerprint density at radius 2 is 1.81 bits per heavy atom. The van der Waals surface area contributed by atoms with Crippen molar-refractivity contribution in [1.29, 1.82) is 0 Å². The van der Waals surface area contributed by atoms with Gasteiger partial charge in [0.2, 0.25) is 0 Å². The molecule has 0 spiro atoms. The van der Waals surface area contributed by atoms with Gasteiger partial charge in [-0.05, 0) is 19.1 Å². The molecular weight excluding hydrogens is 297 g/mol. The highest BCUT2D eigenvalue weighted by atomic mass is 31.2. The SMILES string of the molecule is COC(=O)c1ccccc1OP(C)(=O)N[C@@H](C)C(=O)OC. The number of para-hydroxylation sites is 1. The van der Waals surface area contributed by atoms with Crippen LogP contribution in [0.2, 0.25) is 0 Å². The Kier molecular flexibility index (Phi) is 5.93. The monoisotopic (exact) mass is 315 g/mol. The molecule has 0 amide bonds. The highest BCUT2D eigenvalue weighted by Crippen LogP contribution is 2.40. The summed E-state index contributed by atoms with van der Waals surface area (Å²) in [5, 5.41) is 2.55. The highest BCUT2D eigenvalue weighted by Gasteiger charge is 2.26. The summed E-state index contributed by atoms with van der Waals surface area (Å²) in [6.45, 7) is 2.80. The van der Waals surface area contributed by atoms with Crippen molar-refractivity contribution in [3.8, 4) is 5.75 Å². The summed E-state index contributed by atoms with van der Waals surface area (Å²) < 4.78 is 26.9. The van der Waals surface area contributed by atoms with Crippen LogP contribution in [-0.2, 0) is 18.8 Å². The van der Waals surface area contributed by atoms with Crippen LogP contribution in [0.1, 0.15) is 17.3 Å². The third kappa shape index (κ3) is 4.88. The minimum Gasteiger partial charge on any atom is -0.468 e. The first kappa shape index (κ1) is 17.2. The molecule has 0 saturated carbocycles. The zero-order valence-electron chi connectivity index (χ0n) is 12.3. The smallest absolute Gasteiger partial charge is 0.341 e. The van der Waals surface area contributed by atoms with E-state index in [0.717, 1.165) is 0 Å². The predicted octanol–water partition coefficient (Wildman–Crippen LogP) is 1.83. The van der Waals surface area contributed by atoms with Crippen molar-refractivity contribution < 1.29 is 28.2 Å². The van der Waals surface area contributed by atoms with Crippen molar-refractivity contribution in [1.82, 2.24) is 5.09 Å². The maximum absolute atomic E-state index is 12.4. The van der Waals surface area contributed by atoms with E-state index in [1.54, 1.807) is 12.1 Å². The lowest BCUT2D eigenvalue weighted by Gasteiger charge is -2.20. The second-order valence-corrected chi connectivity index (χ2v) is 6.43. The molecule has 1 rings (SSSR count). The molecule has 8 heteroatoms. The number of hydrogen-bond donors (Lipinski definition) is 1. The lowest BCUT2D eigenvalue weighted by Crippen LogP contribution is -2.33. The highest BCUT2D eigenvalue weighted by molar-refractivity contribution is 7.56. The Morgan fingerprint density at radius 1 is 1.19 bits per heavy atom. The summed E-state index contributed by atoms with van der Waals surface area (Å²) in [6, 6.07) is 5.43. The van der Waals surface area contributed by atoms with Crippen LogP contribution in [0, 0.1) is 0 Å². The number of rotatable bonds is 6. The van der Waals surface area contributed by atoms with Gasteiger partial charge >= 0.3 is 19.5 Å². The fourth-order valence-corrected chi connectivity index (χ4v) is 3.02. The van der Waals surface area contributed by atoms with Crippen molar-refractivity contribution in [2.75, 3.05) is 20.9 Å². The number of methoxy groups -OCH3 is 2. The zero-order chi connectivity index (χ0) is 16.0. The van der Waals surface area contributed by atoms with Gasteiger partial charge in [-0.15, -0.1) is 0 Å². The molecular formula is C13H18NO6P. The van der Waals surface area contributed by atoms with Crippen LogP contribution < -0.4 is 9.61 Å². The molecule has 0 aromatic heterocycles. The average molecular weight is 315 g/mol. The molecule has 1 N–H and O–H groups in total. The van der Waals surface area contributed by atoms with Gasteiger partial charge in [-0.25, -0.2) is 9.88 Å². The quantitative estimate of drug-likeness (QED) is 0.632. The Labute approximate surface area is 123 Å². The third-order valence-corrected chi connectivity index (χ3v) is 3.95. The van der Waals surface area contributed by atoms with Crippen LogP contribution >= 0.6 is 7.52 Å². The van der Waals surface area contributed by atoms with Crippen LogP contribution in [0.3, 0.4) is 0 Å². The lowest BCUT2D eigenvalue weighted by atomic mass is 10.2. The summed E-state index contributed by atoms with van der Waals surface area (Å²) in [5.41, 5.74) is 0.148. The molecule has 21 heavy (non-hydrogen) atoms. The maximum Gasteiger partial charge on any atom is 0.341 e. The number of esters is 2. The predicted molar refractivity (Wildman–Crippen MR) is 76.6 cm³/mol. The van der Waals surface area contributed by atoms with Crippen LogP contribution in [-0.4, -0.2) is 38.9 Å². The fourth-order valence-electron chi connectivity index (χ4n) is 1.62. The topological polar surface area (TPSA) is 90.9 Å². The van der Waals surface area contributed by atoms with E-state index in [-0.39, 0.29) is 11.3 Å². The Morgan fingerprint density at radius 3 is 2.38 bits per heavy atom. The van der Waals surface area contributed by atoms with Gasteiger partial charge < -0.3 is 14.0 Å². The van der Waals surface area contributed by atoms with Crippen LogP contribution in [0.4, 0.5) is 0 Å². The summed E-state index contributed by atoms with van der Waals surface area (Å²) in [7, 11) is -0.904. The van der Waals surface area contributed by atoms with Crippen molar-refractivity contribution in [3.63, 3.8) is 0 Å². The van der Waals surface area contributed by atoms with E-state index in [1.807, 2.05) is 0 Å². The maximum atomic E-state index is 12.4. The number of carbonyl (C=O) groups excluding carboxylic acids is 2. The number of ether oxygens (including phenoxy) is 2. The second kappa shape index (κ2) is 7.24. The first-order valence-corrected chi connectivity index (χ1v) is 8.18. The molecule has 0 heterocycles. The van der Waals surface area contributed by atoms with E-state index in [9.17, 15) is 14.2 Å². The van der Waals surface area contributed by atoms with E-state index >= 15 is 0 Å². The van der Waals surface area contributed by atoms with Gasteiger partial charge in [0.1, 0.15) is 17.4 Å². The molecule has 0 aliphatic heterocycles. The first-order chi connectivity index (χ1) is 9.80. The van der Waals surface area contributed by atoms with E-state index in [2.05, 4.69) is 14.6 Å². The molecule has 7 nitrogen and oxygen atoms in total. The summed E-state index contributed by atoms with van der Waals surface area (Å²) in [5.74, 6) is -1.06. The van der Waals surface area contributed by atoms with E-state index in [1.165, 1.54) is 39.9 Å². The molecule has 0 aliphatic carbocycles. The molecule has 1 unspecified atom stereocenters. The molecule has 1 aromatic carbocycles. The van der Waals surface area contributed by atoms with E-state index in [4.69, 9.17) is 4.52 Å². The number of benzene rings is 1. The number of nitrogens with one attached hydrogen (secondary N) is 1. The van der Waals surface area contributed by atoms with Crippen LogP contribution in [0.15, 0.2) is 24.3 Å². The van der Waals surface area contributed by atoms with Crippen molar-refractivity contribution in [2.24, 2.45) is 0 Å². The average Bonchev–Trinajstić information content (AvgIpc) is 2.45. The normalized spacial score (nSPS) is 14.7. The fraction of sp³-hybridized carbons (Fsp3) is 0.385. The molecule has 0 radical (unpaired) electrons. The van der Waals surface area contributed by atoms with Gasteiger partial charge in [0, 0.05) is 6.66 Å². The van der Waals surface area contributed by atoms with Crippen molar-refractivity contribution >= 4 is 19.5 Å². The number of hydrogen-bond acceptors (Lipinski definition) is 6. The Bertz CT molecular complexity index is 574. The van der Waals surface area contributed by atoms with Gasteiger partial charge in [0.25, 0.3) is 0 Å². The summed E-state index contributed by atoms with van der Waals surface area (Å²) in [4.78, 5) is 22.9. The Balaban J connectivity index is 2.92. The molecule has 1 aromatic rings. The molecule has 0 fully saturated rings. The van der Waals surface area contributed by atoms with Crippen LogP contribution in [0.5, 0.6) is 5.75 Å². The van der Waals surface area contributed by atoms with E-state index < -0.39 is 25.5 Å². The lowest BCUT2D eigenvalue weighted by molar-refractivity contribution is -0.142. The molecule has 2 atom stereocenters. The minimum atomic E-state index is -3.37.